The second-order valence-corrected chi connectivity index (χ2v) is 8.88. The Hall–Kier alpha value is -3.56. The summed E-state index contributed by atoms with van der Waals surface area (Å²) in [5.41, 5.74) is 0.387. The maximum atomic E-state index is 12.9. The van der Waals surface area contributed by atoms with Crippen molar-refractivity contribution in [3.05, 3.63) is 50.9 Å². The number of hydrogen-bond acceptors (Lipinski definition) is 6. The first-order chi connectivity index (χ1) is 15.9. The molecule has 2 aliphatic rings. The number of aryl methyl sites for hydroxylation is 2. The van der Waals surface area contributed by atoms with Crippen molar-refractivity contribution in [3.63, 3.8) is 0 Å². The predicted molar refractivity (Wildman–Crippen MR) is 121 cm³/mol. The maximum Gasteiger partial charge on any atom is 0.332 e. The highest BCUT2D eigenvalue weighted by molar-refractivity contribution is 5.76. The van der Waals surface area contributed by atoms with Crippen molar-refractivity contribution in [2.75, 3.05) is 19.8 Å². The molecule has 1 fully saturated rings. The van der Waals surface area contributed by atoms with Crippen LogP contribution in [0.5, 0.6) is 11.5 Å². The first-order valence-electron chi connectivity index (χ1n) is 11.2. The van der Waals surface area contributed by atoms with Gasteiger partial charge in [0.25, 0.3) is 5.56 Å². The van der Waals surface area contributed by atoms with E-state index in [2.05, 4.69) is 10.3 Å². The third kappa shape index (κ3) is 3.59. The molecule has 1 saturated carbocycles. The molecule has 10 nitrogen and oxygen atoms in total. The molecule has 1 amide bonds. The van der Waals surface area contributed by atoms with Gasteiger partial charge in [0.1, 0.15) is 19.8 Å². The standard InChI is InChI=1S/C23H27N5O5/c1-26-14-25-20-19(26)21(30)28(22(31)27(20)2)12-18(29)24-13-23(7-3-4-8-23)15-5-6-16-17(11-15)33-10-9-32-16/h5-6,11,14H,3-4,7-10,12-13H2,1-2H3,(H,24,29). The lowest BCUT2D eigenvalue weighted by Crippen LogP contribution is -2.46. The van der Waals surface area contributed by atoms with E-state index in [1.807, 2.05) is 18.2 Å². The Morgan fingerprint density at radius 2 is 1.85 bits per heavy atom. The first kappa shape index (κ1) is 21.3. The lowest BCUT2D eigenvalue weighted by atomic mass is 9.78. The highest BCUT2D eigenvalue weighted by Crippen LogP contribution is 2.43. The van der Waals surface area contributed by atoms with Crippen LogP contribution in [0.2, 0.25) is 0 Å². The Labute approximate surface area is 189 Å². The van der Waals surface area contributed by atoms with Gasteiger partial charge in [-0.1, -0.05) is 18.9 Å². The number of nitrogens with one attached hydrogen (secondary N) is 1. The average Bonchev–Trinajstić information content (AvgIpc) is 3.46. The zero-order valence-corrected chi connectivity index (χ0v) is 18.8. The molecule has 0 spiro atoms. The highest BCUT2D eigenvalue weighted by atomic mass is 16.6. The van der Waals surface area contributed by atoms with Crippen LogP contribution >= 0.6 is 0 Å². The Morgan fingerprint density at radius 3 is 2.61 bits per heavy atom. The second-order valence-electron chi connectivity index (χ2n) is 8.88. The van der Waals surface area contributed by atoms with Crippen LogP contribution < -0.4 is 26.0 Å². The first-order valence-corrected chi connectivity index (χ1v) is 11.2. The molecule has 10 heteroatoms. The molecule has 1 aliphatic carbocycles. The molecule has 5 rings (SSSR count). The maximum absolute atomic E-state index is 12.9. The summed E-state index contributed by atoms with van der Waals surface area (Å²) in [5, 5.41) is 2.98. The third-order valence-corrected chi connectivity index (χ3v) is 6.84. The molecule has 3 heterocycles. The summed E-state index contributed by atoms with van der Waals surface area (Å²) in [5.74, 6) is 1.10. The quantitative estimate of drug-likeness (QED) is 0.613. The minimum absolute atomic E-state index is 0.215. The van der Waals surface area contributed by atoms with Gasteiger partial charge >= 0.3 is 5.69 Å². The third-order valence-electron chi connectivity index (χ3n) is 6.84. The number of nitrogens with zero attached hydrogens (tertiary/aromatic N) is 4. The van der Waals surface area contributed by atoms with Crippen molar-refractivity contribution in [2.24, 2.45) is 14.1 Å². The molecule has 0 unspecified atom stereocenters. The molecule has 33 heavy (non-hydrogen) atoms. The number of carbonyl (C=O) groups excluding carboxylic acids is 1. The summed E-state index contributed by atoms with van der Waals surface area (Å²) in [4.78, 5) is 42.6. The second kappa shape index (κ2) is 8.09. The molecule has 0 bridgehead atoms. The van der Waals surface area contributed by atoms with Crippen LogP contribution in [0.1, 0.15) is 31.2 Å². The average molecular weight is 453 g/mol. The summed E-state index contributed by atoms with van der Waals surface area (Å²) >= 11 is 0. The van der Waals surface area contributed by atoms with Crippen LogP contribution in [0.25, 0.3) is 11.2 Å². The zero-order valence-electron chi connectivity index (χ0n) is 18.8. The van der Waals surface area contributed by atoms with Gasteiger partial charge in [0.15, 0.2) is 22.7 Å². The number of hydrogen-bond donors (Lipinski definition) is 1. The lowest BCUT2D eigenvalue weighted by Gasteiger charge is -2.31. The van der Waals surface area contributed by atoms with Gasteiger partial charge in [0.2, 0.25) is 5.91 Å². The molecule has 1 N–H and O–H groups in total. The number of aromatic nitrogens is 4. The van der Waals surface area contributed by atoms with Gasteiger partial charge < -0.3 is 19.4 Å². The minimum Gasteiger partial charge on any atom is -0.486 e. The Bertz CT molecular complexity index is 1350. The fourth-order valence-corrected chi connectivity index (χ4v) is 5.00. The van der Waals surface area contributed by atoms with Crippen LogP contribution in [-0.4, -0.2) is 44.4 Å². The molecule has 174 valence electrons. The monoisotopic (exact) mass is 453 g/mol. The van der Waals surface area contributed by atoms with Crippen molar-refractivity contribution in [3.8, 4) is 11.5 Å². The number of ether oxygens (including phenoxy) is 2. The van der Waals surface area contributed by atoms with E-state index in [-0.39, 0.29) is 23.4 Å². The fraction of sp³-hybridized carbons (Fsp3) is 0.478. The summed E-state index contributed by atoms with van der Waals surface area (Å²) in [6.07, 6.45) is 5.50. The number of carbonyl (C=O) groups is 1. The molecule has 0 saturated heterocycles. The summed E-state index contributed by atoms with van der Waals surface area (Å²) in [6, 6.07) is 5.99. The van der Waals surface area contributed by atoms with Crippen molar-refractivity contribution in [1.29, 1.82) is 0 Å². The molecule has 1 aromatic carbocycles. The van der Waals surface area contributed by atoms with E-state index in [0.29, 0.717) is 25.4 Å². The van der Waals surface area contributed by atoms with Crippen molar-refractivity contribution in [2.45, 2.75) is 37.6 Å². The molecule has 0 atom stereocenters. The smallest absolute Gasteiger partial charge is 0.332 e. The van der Waals surface area contributed by atoms with Crippen molar-refractivity contribution >= 4 is 17.1 Å². The van der Waals surface area contributed by atoms with E-state index in [1.54, 1.807) is 18.7 Å². The molecule has 3 aromatic rings. The van der Waals surface area contributed by atoms with Gasteiger partial charge in [-0.05, 0) is 30.5 Å². The van der Waals surface area contributed by atoms with E-state index in [1.165, 1.54) is 10.9 Å². The molecule has 1 aliphatic heterocycles. The zero-order chi connectivity index (χ0) is 23.2. The van der Waals surface area contributed by atoms with E-state index in [0.717, 1.165) is 47.3 Å². The van der Waals surface area contributed by atoms with Gasteiger partial charge in [-0.15, -0.1) is 0 Å². The lowest BCUT2D eigenvalue weighted by molar-refractivity contribution is -0.122. The van der Waals surface area contributed by atoms with Gasteiger partial charge in [0, 0.05) is 26.1 Å². The topological polar surface area (TPSA) is 109 Å². The summed E-state index contributed by atoms with van der Waals surface area (Å²) < 4.78 is 15.2. The van der Waals surface area contributed by atoms with Gasteiger partial charge in [-0.3, -0.25) is 14.2 Å². The Balaban J connectivity index is 1.38. The van der Waals surface area contributed by atoms with Crippen molar-refractivity contribution in [1.82, 2.24) is 24.0 Å². The normalized spacial score (nSPS) is 16.8. The van der Waals surface area contributed by atoms with Gasteiger partial charge in [-0.2, -0.15) is 0 Å². The summed E-state index contributed by atoms with van der Waals surface area (Å²) in [7, 11) is 3.23. The van der Waals surface area contributed by atoms with E-state index >= 15 is 0 Å². The number of rotatable bonds is 5. The van der Waals surface area contributed by atoms with E-state index in [4.69, 9.17) is 9.47 Å². The van der Waals surface area contributed by atoms with Gasteiger partial charge in [-0.25, -0.2) is 14.3 Å². The van der Waals surface area contributed by atoms with Crippen LogP contribution in [0, 0.1) is 0 Å². The van der Waals surface area contributed by atoms with Gasteiger partial charge in [0.05, 0.1) is 6.33 Å². The van der Waals surface area contributed by atoms with Crippen LogP contribution in [0.15, 0.2) is 34.1 Å². The SMILES string of the molecule is Cn1cnc2c1c(=O)n(CC(=O)NCC1(c3ccc4c(c3)OCCO4)CCCC1)c(=O)n2C. The molecular formula is C23H27N5O5. The number of imidazole rings is 1. The number of benzene rings is 1. The highest BCUT2D eigenvalue weighted by Gasteiger charge is 2.37. The minimum atomic E-state index is -0.566. The van der Waals surface area contributed by atoms with E-state index in [9.17, 15) is 14.4 Å². The molecule has 0 radical (unpaired) electrons. The number of fused-ring (bicyclic) bond motifs is 2. The molecular weight excluding hydrogens is 426 g/mol. The fourth-order valence-electron chi connectivity index (χ4n) is 5.00. The van der Waals surface area contributed by atoms with E-state index < -0.39 is 11.2 Å². The van der Waals surface area contributed by atoms with Crippen LogP contribution in [0.3, 0.4) is 0 Å². The molecule has 2 aromatic heterocycles. The van der Waals surface area contributed by atoms with Crippen LogP contribution in [-0.2, 0) is 30.8 Å². The largest absolute Gasteiger partial charge is 0.486 e. The van der Waals surface area contributed by atoms with Crippen LogP contribution in [0.4, 0.5) is 0 Å². The Morgan fingerprint density at radius 1 is 1.12 bits per heavy atom. The Kier molecular flexibility index (Phi) is 5.22. The summed E-state index contributed by atoms with van der Waals surface area (Å²) in [6.45, 7) is 1.14. The number of amides is 1. The predicted octanol–water partition coefficient (Wildman–Crippen LogP) is 0.833. The van der Waals surface area contributed by atoms with Crippen molar-refractivity contribution < 1.29 is 14.3 Å².